The second-order valence-corrected chi connectivity index (χ2v) is 5.35. The molecule has 2 heterocycles. The van der Waals surface area contributed by atoms with Crippen LogP contribution in [0, 0.1) is 12.8 Å². The number of hydrogen-bond donors (Lipinski definition) is 1. The van der Waals surface area contributed by atoms with Gasteiger partial charge in [0, 0.05) is 25.0 Å². The Kier molecular flexibility index (Phi) is 4.00. The lowest BCUT2D eigenvalue weighted by Gasteiger charge is -2.34. The lowest BCUT2D eigenvalue weighted by Crippen LogP contribution is -2.39. The lowest BCUT2D eigenvalue weighted by atomic mass is 9.92. The van der Waals surface area contributed by atoms with Crippen molar-refractivity contribution in [2.75, 3.05) is 25.5 Å². The molecule has 1 aromatic rings. The highest BCUT2D eigenvalue weighted by Crippen LogP contribution is 2.21. The molecule has 2 atom stereocenters. The zero-order valence-corrected chi connectivity index (χ0v) is 11.1. The van der Waals surface area contributed by atoms with E-state index in [4.69, 9.17) is 0 Å². The van der Waals surface area contributed by atoms with Crippen molar-refractivity contribution < 1.29 is 0 Å². The minimum Gasteiger partial charge on any atom is -0.381 e. The number of aromatic nitrogens is 1. The van der Waals surface area contributed by atoms with Gasteiger partial charge in [-0.05, 0) is 57.8 Å². The molecule has 1 fully saturated rings. The van der Waals surface area contributed by atoms with Crippen LogP contribution in [0.15, 0.2) is 18.5 Å². The highest BCUT2D eigenvalue weighted by molar-refractivity contribution is 5.43. The Bertz CT molecular complexity index is 364. The van der Waals surface area contributed by atoms with Crippen LogP contribution in [-0.2, 0) is 0 Å². The van der Waals surface area contributed by atoms with Crippen LogP contribution in [0.1, 0.15) is 25.3 Å². The minimum absolute atomic E-state index is 0.515. The van der Waals surface area contributed by atoms with Gasteiger partial charge in [0.05, 0.1) is 5.69 Å². The first-order valence-corrected chi connectivity index (χ1v) is 6.52. The summed E-state index contributed by atoms with van der Waals surface area (Å²) in [7, 11) is 2.22. The Morgan fingerprint density at radius 1 is 1.47 bits per heavy atom. The molecule has 1 N–H and O–H groups in total. The number of hydrogen-bond acceptors (Lipinski definition) is 3. The van der Waals surface area contributed by atoms with Gasteiger partial charge in [0.15, 0.2) is 0 Å². The Balaban J connectivity index is 1.94. The number of pyridine rings is 1. The number of piperidine rings is 1. The fourth-order valence-electron chi connectivity index (χ4n) is 2.63. The highest BCUT2D eigenvalue weighted by Gasteiger charge is 2.22. The monoisotopic (exact) mass is 233 g/mol. The van der Waals surface area contributed by atoms with Crippen LogP contribution in [0.2, 0.25) is 0 Å². The van der Waals surface area contributed by atoms with Gasteiger partial charge in [0.25, 0.3) is 0 Å². The van der Waals surface area contributed by atoms with E-state index in [1.165, 1.54) is 31.5 Å². The molecule has 0 aliphatic carbocycles. The Morgan fingerprint density at radius 2 is 2.29 bits per heavy atom. The lowest BCUT2D eigenvalue weighted by molar-refractivity contribution is 0.197. The predicted molar refractivity (Wildman–Crippen MR) is 72.3 cm³/mol. The molecule has 1 aromatic heterocycles. The normalized spacial score (nSPS) is 23.4. The van der Waals surface area contributed by atoms with Crippen molar-refractivity contribution in [3.8, 4) is 0 Å². The molecule has 0 spiro atoms. The van der Waals surface area contributed by atoms with Crippen LogP contribution in [-0.4, -0.2) is 36.1 Å². The first kappa shape index (κ1) is 12.4. The van der Waals surface area contributed by atoms with E-state index in [2.05, 4.69) is 42.2 Å². The summed E-state index contributed by atoms with van der Waals surface area (Å²) < 4.78 is 0. The zero-order valence-electron chi connectivity index (χ0n) is 11.1. The van der Waals surface area contributed by atoms with Crippen molar-refractivity contribution in [1.29, 1.82) is 0 Å². The average Bonchev–Trinajstić information content (AvgIpc) is 2.29. The summed E-state index contributed by atoms with van der Waals surface area (Å²) in [6.07, 6.45) is 6.46. The smallest absolute Gasteiger partial charge is 0.0531 e. The summed E-state index contributed by atoms with van der Waals surface area (Å²) in [5, 5.41) is 3.58. The number of rotatable bonds is 3. The molecule has 0 radical (unpaired) electrons. The second kappa shape index (κ2) is 5.50. The fraction of sp³-hybridized carbons (Fsp3) is 0.643. The van der Waals surface area contributed by atoms with Gasteiger partial charge in [0.2, 0.25) is 0 Å². The first-order chi connectivity index (χ1) is 8.15. The van der Waals surface area contributed by atoms with Crippen molar-refractivity contribution in [3.05, 3.63) is 24.0 Å². The molecule has 1 saturated heterocycles. The van der Waals surface area contributed by atoms with Gasteiger partial charge in [-0.3, -0.25) is 4.98 Å². The van der Waals surface area contributed by atoms with Gasteiger partial charge in [-0.2, -0.15) is 0 Å². The summed E-state index contributed by atoms with van der Waals surface area (Å²) in [6.45, 7) is 6.81. The predicted octanol–water partition coefficient (Wildman–Crippen LogP) is 2.53. The van der Waals surface area contributed by atoms with Crippen LogP contribution in [0.25, 0.3) is 0 Å². The minimum atomic E-state index is 0.515. The largest absolute Gasteiger partial charge is 0.381 e. The van der Waals surface area contributed by atoms with Gasteiger partial charge >= 0.3 is 0 Å². The Labute approximate surface area is 104 Å². The van der Waals surface area contributed by atoms with E-state index in [9.17, 15) is 0 Å². The molecule has 1 aliphatic rings. The summed E-state index contributed by atoms with van der Waals surface area (Å²) in [4.78, 5) is 6.66. The second-order valence-electron chi connectivity index (χ2n) is 5.35. The summed E-state index contributed by atoms with van der Waals surface area (Å²) in [5.41, 5.74) is 2.36. The molecule has 94 valence electrons. The van der Waals surface area contributed by atoms with Gasteiger partial charge in [0.1, 0.15) is 0 Å². The van der Waals surface area contributed by atoms with Gasteiger partial charge in [-0.15, -0.1) is 0 Å². The fourth-order valence-corrected chi connectivity index (χ4v) is 2.63. The van der Waals surface area contributed by atoms with E-state index in [1.807, 2.05) is 12.4 Å². The topological polar surface area (TPSA) is 28.2 Å². The molecule has 0 aromatic carbocycles. The maximum atomic E-state index is 4.22. The molecule has 2 rings (SSSR count). The Hall–Kier alpha value is -1.09. The average molecular weight is 233 g/mol. The number of aryl methyl sites for hydroxylation is 1. The van der Waals surface area contributed by atoms with Crippen LogP contribution < -0.4 is 5.32 Å². The van der Waals surface area contributed by atoms with Crippen LogP contribution in [0.3, 0.4) is 0 Å². The first-order valence-electron chi connectivity index (χ1n) is 6.52. The zero-order chi connectivity index (χ0) is 12.3. The van der Waals surface area contributed by atoms with Crippen LogP contribution >= 0.6 is 0 Å². The summed E-state index contributed by atoms with van der Waals surface area (Å²) >= 11 is 0. The van der Waals surface area contributed by atoms with Crippen molar-refractivity contribution in [1.82, 2.24) is 9.88 Å². The van der Waals surface area contributed by atoms with Gasteiger partial charge in [-0.1, -0.05) is 0 Å². The van der Waals surface area contributed by atoms with Crippen molar-refractivity contribution in [2.24, 2.45) is 5.92 Å². The van der Waals surface area contributed by atoms with Gasteiger partial charge in [-0.25, -0.2) is 0 Å². The van der Waals surface area contributed by atoms with Crippen molar-refractivity contribution in [3.63, 3.8) is 0 Å². The van der Waals surface area contributed by atoms with E-state index >= 15 is 0 Å². The SMILES string of the molecule is Cc1cncc(NC(C)C2CCCN(C)C2)c1. The Morgan fingerprint density at radius 3 is 3.00 bits per heavy atom. The molecule has 17 heavy (non-hydrogen) atoms. The molecule has 0 amide bonds. The molecule has 1 aliphatic heterocycles. The van der Waals surface area contributed by atoms with E-state index in [-0.39, 0.29) is 0 Å². The quantitative estimate of drug-likeness (QED) is 0.869. The molecule has 0 bridgehead atoms. The molecule has 3 heteroatoms. The standard InChI is InChI=1S/C14H23N3/c1-11-7-14(9-15-8-11)16-12(2)13-5-4-6-17(3)10-13/h7-9,12-13,16H,4-6,10H2,1-3H3. The third kappa shape index (κ3) is 3.43. The van der Waals surface area contributed by atoms with Crippen LogP contribution in [0.4, 0.5) is 5.69 Å². The van der Waals surface area contributed by atoms with Crippen LogP contribution in [0.5, 0.6) is 0 Å². The van der Waals surface area contributed by atoms with Crippen molar-refractivity contribution >= 4 is 5.69 Å². The van der Waals surface area contributed by atoms with E-state index in [1.54, 1.807) is 0 Å². The summed E-state index contributed by atoms with van der Waals surface area (Å²) in [5.74, 6) is 0.745. The van der Waals surface area contributed by atoms with E-state index in [0.717, 1.165) is 11.6 Å². The maximum absolute atomic E-state index is 4.22. The third-order valence-electron chi connectivity index (χ3n) is 3.64. The third-order valence-corrected chi connectivity index (χ3v) is 3.64. The number of likely N-dealkylation sites (tertiary alicyclic amines) is 1. The maximum Gasteiger partial charge on any atom is 0.0531 e. The molecule has 0 saturated carbocycles. The number of nitrogens with one attached hydrogen (secondary N) is 1. The van der Waals surface area contributed by atoms with Crippen molar-refractivity contribution in [2.45, 2.75) is 32.7 Å². The highest BCUT2D eigenvalue weighted by atomic mass is 15.1. The number of anilines is 1. The molecular formula is C14H23N3. The molecule has 2 unspecified atom stereocenters. The molecular weight excluding hydrogens is 210 g/mol. The van der Waals surface area contributed by atoms with E-state index < -0.39 is 0 Å². The summed E-state index contributed by atoms with van der Waals surface area (Å²) in [6, 6.07) is 2.68. The van der Waals surface area contributed by atoms with Gasteiger partial charge < -0.3 is 10.2 Å². The molecule has 3 nitrogen and oxygen atoms in total. The van der Waals surface area contributed by atoms with E-state index in [0.29, 0.717) is 6.04 Å². The number of nitrogens with zero attached hydrogens (tertiary/aromatic N) is 2.